The van der Waals surface area contributed by atoms with Crippen molar-refractivity contribution in [2.24, 2.45) is 5.73 Å². The number of nitrogens with two attached hydrogens (primary N) is 1. The van der Waals surface area contributed by atoms with Gasteiger partial charge in [-0.2, -0.15) is 0 Å². The third kappa shape index (κ3) is 2.42. The van der Waals surface area contributed by atoms with E-state index in [-0.39, 0.29) is 11.8 Å². The van der Waals surface area contributed by atoms with Gasteiger partial charge in [-0.3, -0.25) is 0 Å². The molecule has 1 unspecified atom stereocenters. The standard InChI is InChI=1S/C10H14FNO/c1-2-8(12)6-7-4-3-5-9(11)10(7)13/h3-5,8,13H,2,6,12H2,1H3. The maximum Gasteiger partial charge on any atom is 0.165 e. The quantitative estimate of drug-likeness (QED) is 0.750. The van der Waals surface area contributed by atoms with Gasteiger partial charge in [-0.15, -0.1) is 0 Å². The van der Waals surface area contributed by atoms with Crippen molar-refractivity contribution in [3.05, 3.63) is 29.6 Å². The number of phenols is 1. The SMILES string of the molecule is CCC(N)Cc1cccc(F)c1O. The molecule has 1 aromatic rings. The van der Waals surface area contributed by atoms with E-state index in [4.69, 9.17) is 5.73 Å². The van der Waals surface area contributed by atoms with Crippen molar-refractivity contribution in [3.8, 4) is 5.75 Å². The van der Waals surface area contributed by atoms with Gasteiger partial charge in [-0.25, -0.2) is 4.39 Å². The van der Waals surface area contributed by atoms with Gasteiger partial charge in [0.05, 0.1) is 0 Å². The molecule has 3 heteroatoms. The molecule has 1 atom stereocenters. The van der Waals surface area contributed by atoms with Crippen molar-refractivity contribution < 1.29 is 9.50 Å². The number of halogens is 1. The van der Waals surface area contributed by atoms with Crippen LogP contribution >= 0.6 is 0 Å². The van der Waals surface area contributed by atoms with Crippen molar-refractivity contribution in [2.45, 2.75) is 25.8 Å². The molecule has 0 aliphatic heterocycles. The van der Waals surface area contributed by atoms with E-state index >= 15 is 0 Å². The summed E-state index contributed by atoms with van der Waals surface area (Å²) < 4.78 is 12.8. The first-order valence-electron chi connectivity index (χ1n) is 4.37. The summed E-state index contributed by atoms with van der Waals surface area (Å²) in [6.07, 6.45) is 1.33. The summed E-state index contributed by atoms with van der Waals surface area (Å²) in [5.41, 5.74) is 6.27. The lowest BCUT2D eigenvalue weighted by Crippen LogP contribution is -2.21. The minimum atomic E-state index is -0.583. The smallest absolute Gasteiger partial charge is 0.165 e. The normalized spacial score (nSPS) is 12.8. The highest BCUT2D eigenvalue weighted by molar-refractivity contribution is 5.34. The number of benzene rings is 1. The van der Waals surface area contributed by atoms with Crippen molar-refractivity contribution in [2.75, 3.05) is 0 Å². The molecule has 0 heterocycles. The van der Waals surface area contributed by atoms with Crippen LogP contribution in [0.2, 0.25) is 0 Å². The molecule has 0 spiro atoms. The van der Waals surface area contributed by atoms with Gasteiger partial charge in [0, 0.05) is 6.04 Å². The van der Waals surface area contributed by atoms with Crippen LogP contribution in [0.3, 0.4) is 0 Å². The van der Waals surface area contributed by atoms with Crippen LogP contribution in [0.5, 0.6) is 5.75 Å². The number of hydrogen-bond donors (Lipinski definition) is 2. The third-order valence-corrected chi connectivity index (χ3v) is 2.08. The monoisotopic (exact) mass is 183 g/mol. The summed E-state index contributed by atoms with van der Waals surface area (Å²) in [5.74, 6) is -0.854. The number of phenolic OH excluding ortho intramolecular Hbond substituents is 1. The first kappa shape index (κ1) is 9.99. The van der Waals surface area contributed by atoms with E-state index in [1.54, 1.807) is 12.1 Å². The Morgan fingerprint density at radius 1 is 1.54 bits per heavy atom. The second kappa shape index (κ2) is 4.23. The first-order valence-corrected chi connectivity index (χ1v) is 4.37. The molecule has 72 valence electrons. The fraction of sp³-hybridized carbons (Fsp3) is 0.400. The molecule has 1 aromatic carbocycles. The molecule has 0 saturated carbocycles. The van der Waals surface area contributed by atoms with Crippen LogP contribution in [0.25, 0.3) is 0 Å². The predicted molar refractivity (Wildman–Crippen MR) is 50.0 cm³/mol. The van der Waals surface area contributed by atoms with Crippen LogP contribution in [0.4, 0.5) is 4.39 Å². The zero-order valence-electron chi connectivity index (χ0n) is 7.63. The Morgan fingerprint density at radius 3 is 2.85 bits per heavy atom. The molecule has 2 nitrogen and oxygen atoms in total. The lowest BCUT2D eigenvalue weighted by Gasteiger charge is -2.10. The van der Waals surface area contributed by atoms with Crippen LogP contribution in [0.1, 0.15) is 18.9 Å². The Balaban J connectivity index is 2.83. The average Bonchev–Trinajstić information content (AvgIpc) is 2.13. The van der Waals surface area contributed by atoms with E-state index in [2.05, 4.69) is 0 Å². The highest BCUT2D eigenvalue weighted by Gasteiger charge is 2.08. The number of para-hydroxylation sites is 1. The highest BCUT2D eigenvalue weighted by atomic mass is 19.1. The van der Waals surface area contributed by atoms with Crippen molar-refractivity contribution >= 4 is 0 Å². The summed E-state index contributed by atoms with van der Waals surface area (Å²) in [7, 11) is 0. The van der Waals surface area contributed by atoms with Crippen LogP contribution in [-0.4, -0.2) is 11.1 Å². The Morgan fingerprint density at radius 2 is 2.23 bits per heavy atom. The van der Waals surface area contributed by atoms with E-state index in [0.717, 1.165) is 6.42 Å². The van der Waals surface area contributed by atoms with Gasteiger partial charge >= 0.3 is 0 Å². The Kier molecular flexibility index (Phi) is 3.25. The predicted octanol–water partition coefficient (Wildman–Crippen LogP) is 1.81. The van der Waals surface area contributed by atoms with Crippen molar-refractivity contribution in [1.29, 1.82) is 0 Å². The van der Waals surface area contributed by atoms with Crippen LogP contribution in [0, 0.1) is 5.82 Å². The molecular weight excluding hydrogens is 169 g/mol. The zero-order valence-corrected chi connectivity index (χ0v) is 7.63. The maximum absolute atomic E-state index is 12.8. The molecular formula is C10H14FNO. The topological polar surface area (TPSA) is 46.2 Å². The van der Waals surface area contributed by atoms with Crippen LogP contribution in [-0.2, 0) is 6.42 Å². The minimum Gasteiger partial charge on any atom is -0.505 e. The van der Waals surface area contributed by atoms with E-state index in [1.807, 2.05) is 6.92 Å². The summed E-state index contributed by atoms with van der Waals surface area (Å²) in [5, 5.41) is 9.31. The molecule has 1 rings (SSSR count). The highest BCUT2D eigenvalue weighted by Crippen LogP contribution is 2.21. The third-order valence-electron chi connectivity index (χ3n) is 2.08. The minimum absolute atomic E-state index is 0.0206. The van der Waals surface area contributed by atoms with Crippen LogP contribution in [0.15, 0.2) is 18.2 Å². The van der Waals surface area contributed by atoms with Gasteiger partial charge in [-0.05, 0) is 24.5 Å². The summed E-state index contributed by atoms with van der Waals surface area (Å²) in [4.78, 5) is 0. The average molecular weight is 183 g/mol. The summed E-state index contributed by atoms with van der Waals surface area (Å²) in [6.45, 7) is 1.96. The largest absolute Gasteiger partial charge is 0.505 e. The van der Waals surface area contributed by atoms with Gasteiger partial charge in [0.2, 0.25) is 0 Å². The lowest BCUT2D eigenvalue weighted by atomic mass is 10.0. The maximum atomic E-state index is 12.8. The first-order chi connectivity index (χ1) is 6.15. The molecule has 3 N–H and O–H groups in total. The zero-order chi connectivity index (χ0) is 9.84. The van der Waals surface area contributed by atoms with Crippen LogP contribution < -0.4 is 5.73 Å². The second-order valence-electron chi connectivity index (χ2n) is 3.12. The van der Waals surface area contributed by atoms with Gasteiger partial charge in [0.1, 0.15) is 0 Å². The number of aromatic hydroxyl groups is 1. The summed E-state index contributed by atoms with van der Waals surface area (Å²) in [6, 6.07) is 4.48. The number of rotatable bonds is 3. The Hall–Kier alpha value is -1.09. The van der Waals surface area contributed by atoms with E-state index in [1.165, 1.54) is 6.07 Å². The molecule has 0 aliphatic rings. The molecule has 0 aromatic heterocycles. The van der Waals surface area contributed by atoms with E-state index in [9.17, 15) is 9.50 Å². The van der Waals surface area contributed by atoms with Gasteiger partial charge in [-0.1, -0.05) is 19.1 Å². The van der Waals surface area contributed by atoms with E-state index in [0.29, 0.717) is 12.0 Å². The number of hydrogen-bond acceptors (Lipinski definition) is 2. The van der Waals surface area contributed by atoms with Gasteiger partial charge in [0.25, 0.3) is 0 Å². The second-order valence-corrected chi connectivity index (χ2v) is 3.12. The lowest BCUT2D eigenvalue weighted by molar-refractivity contribution is 0.423. The fourth-order valence-electron chi connectivity index (χ4n) is 1.15. The molecule has 0 radical (unpaired) electrons. The molecule has 13 heavy (non-hydrogen) atoms. The molecule has 0 aliphatic carbocycles. The molecule has 0 bridgehead atoms. The molecule has 0 saturated heterocycles. The van der Waals surface area contributed by atoms with Crippen molar-refractivity contribution in [3.63, 3.8) is 0 Å². The Labute approximate surface area is 77.2 Å². The fourth-order valence-corrected chi connectivity index (χ4v) is 1.15. The van der Waals surface area contributed by atoms with Crippen molar-refractivity contribution in [1.82, 2.24) is 0 Å². The van der Waals surface area contributed by atoms with E-state index < -0.39 is 5.82 Å². The molecule has 0 fully saturated rings. The van der Waals surface area contributed by atoms with Gasteiger partial charge in [0.15, 0.2) is 11.6 Å². The van der Waals surface area contributed by atoms with Gasteiger partial charge < -0.3 is 10.8 Å². The summed E-state index contributed by atoms with van der Waals surface area (Å²) >= 11 is 0. The Bertz CT molecular complexity index is 288. The molecule has 0 amide bonds.